The number of ether oxygens (including phenoxy) is 14. The Labute approximate surface area is 329 Å². The van der Waals surface area contributed by atoms with Crippen LogP contribution in [-0.2, 0) is 71.2 Å². The van der Waals surface area contributed by atoms with Crippen LogP contribution in [0.5, 0.6) is 5.75 Å². The fourth-order valence-electron chi connectivity index (χ4n) is 3.90. The van der Waals surface area contributed by atoms with Crippen molar-refractivity contribution in [1.29, 1.82) is 0 Å². The molecule has 0 heterocycles. The summed E-state index contributed by atoms with van der Waals surface area (Å²) in [7, 11) is 0. The topological polar surface area (TPSA) is 163 Å². The molecule has 16 nitrogen and oxygen atoms in total. The zero-order valence-electron chi connectivity index (χ0n) is 32.5. The van der Waals surface area contributed by atoms with E-state index >= 15 is 0 Å². The molecule has 0 spiro atoms. The molecule has 0 aliphatic carbocycles. The van der Waals surface area contributed by atoms with E-state index in [-0.39, 0.29) is 38.8 Å². The van der Waals surface area contributed by atoms with Gasteiger partial charge < -0.3 is 66.3 Å². The Morgan fingerprint density at radius 1 is 0.333 bits per heavy atom. The van der Waals surface area contributed by atoms with Crippen LogP contribution in [0.2, 0.25) is 0 Å². The summed E-state index contributed by atoms with van der Waals surface area (Å²) in [5, 5.41) is 0. The molecule has 21 heteroatoms. The van der Waals surface area contributed by atoms with Gasteiger partial charge in [0.25, 0.3) is 0 Å². The van der Waals surface area contributed by atoms with Gasteiger partial charge in [-0.3, -0.25) is 9.59 Å². The van der Waals surface area contributed by atoms with E-state index in [0.717, 1.165) is 0 Å². The first kappa shape index (κ1) is 52.3. The molecule has 0 amide bonds. The zero-order chi connectivity index (χ0) is 41.6. The number of esters is 2. The van der Waals surface area contributed by atoms with Gasteiger partial charge in [0.15, 0.2) is 0 Å². The first-order valence-corrected chi connectivity index (χ1v) is 18.6. The van der Waals surface area contributed by atoms with Crippen molar-refractivity contribution in [2.24, 2.45) is 0 Å². The molecule has 1 rings (SSSR count). The van der Waals surface area contributed by atoms with E-state index in [9.17, 15) is 31.5 Å². The average molecular weight is 841 g/mol. The summed E-state index contributed by atoms with van der Waals surface area (Å²) < 4.78 is 140. The molecule has 332 valence electrons. The van der Waals surface area contributed by atoms with E-state index in [1.807, 2.05) is 0 Å². The van der Waals surface area contributed by atoms with Gasteiger partial charge >= 0.3 is 11.9 Å². The van der Waals surface area contributed by atoms with Gasteiger partial charge in [-0.05, 0) is 6.92 Å². The van der Waals surface area contributed by atoms with Crippen LogP contribution in [0.25, 0.3) is 0 Å². The highest BCUT2D eigenvalue weighted by molar-refractivity contribution is 5.72. The van der Waals surface area contributed by atoms with Gasteiger partial charge in [-0.2, -0.15) is 8.78 Å². The minimum absolute atomic E-state index is 0.0742. The maximum atomic E-state index is 13.6. The van der Waals surface area contributed by atoms with Crippen molar-refractivity contribution < 1.29 is 97.9 Å². The van der Waals surface area contributed by atoms with E-state index in [1.165, 1.54) is 0 Å². The van der Waals surface area contributed by atoms with Crippen molar-refractivity contribution in [3.05, 3.63) is 29.1 Å². The fourth-order valence-corrected chi connectivity index (χ4v) is 3.90. The lowest BCUT2D eigenvalue weighted by Gasteiger charge is -2.09. The van der Waals surface area contributed by atoms with Crippen molar-refractivity contribution >= 4 is 11.9 Å². The second-order valence-corrected chi connectivity index (χ2v) is 11.0. The molecule has 0 fully saturated rings. The molecule has 0 N–H and O–H groups in total. The van der Waals surface area contributed by atoms with Crippen molar-refractivity contribution in [3.8, 4) is 5.75 Å². The molecular formula is C36H57F5O16. The van der Waals surface area contributed by atoms with Crippen molar-refractivity contribution in [2.45, 2.75) is 19.8 Å². The Balaban J connectivity index is 1.71. The third-order valence-corrected chi connectivity index (χ3v) is 6.68. The second-order valence-electron chi connectivity index (χ2n) is 11.0. The third kappa shape index (κ3) is 29.2. The summed E-state index contributed by atoms with van der Waals surface area (Å²) in [5.74, 6) is -14.4. The molecule has 1 aromatic carbocycles. The molecule has 57 heavy (non-hydrogen) atoms. The minimum atomic E-state index is -2.35. The van der Waals surface area contributed by atoms with Gasteiger partial charge in [-0.1, -0.05) is 0 Å². The van der Waals surface area contributed by atoms with Gasteiger partial charge in [0.05, 0.1) is 178 Å². The van der Waals surface area contributed by atoms with Crippen LogP contribution in [0.15, 0.2) is 0 Å². The van der Waals surface area contributed by atoms with Gasteiger partial charge in [0.2, 0.25) is 34.8 Å². The molecule has 0 radical (unpaired) electrons. The first-order valence-electron chi connectivity index (χ1n) is 18.6. The van der Waals surface area contributed by atoms with Crippen LogP contribution >= 0.6 is 0 Å². The predicted molar refractivity (Wildman–Crippen MR) is 188 cm³/mol. The van der Waals surface area contributed by atoms with Gasteiger partial charge in [0, 0.05) is 0 Å². The maximum Gasteiger partial charge on any atom is 0.313 e. The lowest BCUT2D eigenvalue weighted by atomic mass is 10.2. The van der Waals surface area contributed by atoms with Crippen LogP contribution in [0.3, 0.4) is 0 Å². The number of carbonyl (C=O) groups is 2. The average Bonchev–Trinajstić information content (AvgIpc) is 3.20. The summed E-state index contributed by atoms with van der Waals surface area (Å²) >= 11 is 0. The summed E-state index contributed by atoms with van der Waals surface area (Å²) in [6.07, 6.45) is -0.257. The Morgan fingerprint density at radius 3 is 0.789 bits per heavy atom. The number of hydrogen-bond acceptors (Lipinski definition) is 16. The molecule has 0 unspecified atom stereocenters. The summed E-state index contributed by atoms with van der Waals surface area (Å²) in [6, 6.07) is 0. The molecule has 0 aromatic heterocycles. The number of carbonyl (C=O) groups excluding carboxylic acids is 2. The van der Waals surface area contributed by atoms with E-state index in [0.29, 0.717) is 139 Å². The lowest BCUT2D eigenvalue weighted by Crippen LogP contribution is -2.16. The largest absolute Gasteiger partial charge is 0.466 e. The van der Waals surface area contributed by atoms with E-state index in [2.05, 4.69) is 4.74 Å². The van der Waals surface area contributed by atoms with Gasteiger partial charge in [0.1, 0.15) is 0 Å². The Hall–Kier alpha value is -2.67. The third-order valence-electron chi connectivity index (χ3n) is 6.68. The Kier molecular flexibility index (Phi) is 34.5. The second kappa shape index (κ2) is 37.6. The highest BCUT2D eigenvalue weighted by Crippen LogP contribution is 2.29. The number of hydrogen-bond donors (Lipinski definition) is 0. The molecule has 0 bridgehead atoms. The number of halogens is 5. The molecular weight excluding hydrogens is 783 g/mol. The molecule has 0 saturated heterocycles. The normalized spacial score (nSPS) is 11.4. The predicted octanol–water partition coefficient (Wildman–Crippen LogP) is 2.83. The van der Waals surface area contributed by atoms with Crippen molar-refractivity contribution in [1.82, 2.24) is 0 Å². The number of benzene rings is 1. The fraction of sp³-hybridized carbons (Fsp3) is 0.778. The SMILES string of the molecule is CCOC(=O)CCOCCOCCOCCOCCOCCOCCOCCOCCOCCOCCOCCOCCC(=O)Oc1c(F)c(F)c(F)c(F)c1F. The Bertz CT molecular complexity index is 1130. The molecule has 0 aliphatic rings. The molecule has 0 aliphatic heterocycles. The van der Waals surface area contributed by atoms with Crippen LogP contribution in [0.1, 0.15) is 19.8 Å². The molecule has 1 aromatic rings. The lowest BCUT2D eigenvalue weighted by molar-refractivity contribution is -0.144. The molecule has 0 atom stereocenters. The number of rotatable bonds is 41. The highest BCUT2D eigenvalue weighted by Gasteiger charge is 2.28. The maximum absolute atomic E-state index is 13.6. The van der Waals surface area contributed by atoms with E-state index in [1.54, 1.807) is 6.92 Å². The standard InChI is InChI=1S/C36H57F5O16/c1-2-56-29(42)3-5-44-7-9-46-11-13-48-15-17-50-19-21-52-23-25-54-27-28-55-26-24-53-22-20-51-18-16-49-14-12-47-10-8-45-6-4-30(43)57-36-34(40)32(38)31(37)33(39)35(36)41/h2-28H2,1H3. The van der Waals surface area contributed by atoms with Gasteiger partial charge in [-0.25, -0.2) is 13.2 Å². The smallest absolute Gasteiger partial charge is 0.313 e. The van der Waals surface area contributed by atoms with Crippen molar-refractivity contribution in [3.63, 3.8) is 0 Å². The van der Waals surface area contributed by atoms with Crippen LogP contribution in [0, 0.1) is 29.1 Å². The van der Waals surface area contributed by atoms with Crippen LogP contribution < -0.4 is 4.74 Å². The van der Waals surface area contributed by atoms with Gasteiger partial charge in [-0.15, -0.1) is 0 Å². The highest BCUT2D eigenvalue weighted by atomic mass is 19.2. The summed E-state index contributed by atoms with van der Waals surface area (Å²) in [5.41, 5.74) is 0. The minimum Gasteiger partial charge on any atom is -0.466 e. The summed E-state index contributed by atoms with van der Waals surface area (Å²) in [6.45, 7) is 10.7. The van der Waals surface area contributed by atoms with E-state index < -0.39 is 47.2 Å². The van der Waals surface area contributed by atoms with Crippen LogP contribution in [-0.4, -0.2) is 177 Å². The quantitative estimate of drug-likeness (QED) is 0.0236. The van der Waals surface area contributed by atoms with Crippen LogP contribution in [0.4, 0.5) is 22.0 Å². The monoisotopic (exact) mass is 840 g/mol. The van der Waals surface area contributed by atoms with E-state index in [4.69, 9.17) is 61.6 Å². The summed E-state index contributed by atoms with van der Waals surface area (Å²) in [4.78, 5) is 22.8. The molecule has 0 saturated carbocycles. The zero-order valence-corrected chi connectivity index (χ0v) is 32.5. The Morgan fingerprint density at radius 2 is 0.544 bits per heavy atom. The first-order chi connectivity index (χ1) is 27.8. The van der Waals surface area contributed by atoms with Crippen molar-refractivity contribution in [2.75, 3.05) is 165 Å².